The van der Waals surface area contributed by atoms with Crippen molar-refractivity contribution in [1.82, 2.24) is 4.57 Å². The molecule has 4 rings (SSSR count). The van der Waals surface area contributed by atoms with Gasteiger partial charge in [0.2, 0.25) is 0 Å². The van der Waals surface area contributed by atoms with E-state index in [0.717, 1.165) is 0 Å². The summed E-state index contributed by atoms with van der Waals surface area (Å²) in [5.41, 5.74) is 1.57. The fraction of sp³-hybridized carbons (Fsp3) is 0.240. The van der Waals surface area contributed by atoms with Gasteiger partial charge in [-0.1, -0.05) is 35.1 Å². The second kappa shape index (κ2) is 9.95. The molecule has 34 heavy (non-hydrogen) atoms. The molecule has 2 aromatic carbocycles. The molecule has 0 saturated heterocycles. The number of aromatic nitrogens is 1. The molecule has 1 aliphatic rings. The number of allylic oxidation sites excluding steroid dienone is 1. The Morgan fingerprint density at radius 1 is 1.21 bits per heavy atom. The fourth-order valence-corrected chi connectivity index (χ4v) is 5.03. The fourth-order valence-electron chi connectivity index (χ4n) is 3.81. The summed E-state index contributed by atoms with van der Waals surface area (Å²) in [4.78, 5) is 31.4. The number of carbonyl (C=O) groups is 1. The lowest BCUT2D eigenvalue weighted by molar-refractivity contribution is -0.139. The lowest BCUT2D eigenvalue weighted by atomic mass is 9.96. The molecule has 1 atom stereocenters. The van der Waals surface area contributed by atoms with Gasteiger partial charge >= 0.3 is 5.97 Å². The third kappa shape index (κ3) is 4.56. The van der Waals surface area contributed by atoms with Crippen molar-refractivity contribution in [2.75, 3.05) is 13.2 Å². The van der Waals surface area contributed by atoms with Crippen molar-refractivity contribution in [3.63, 3.8) is 0 Å². The number of hydrogen-bond acceptors (Lipinski definition) is 6. The van der Waals surface area contributed by atoms with Crippen molar-refractivity contribution in [1.29, 1.82) is 0 Å². The first-order valence-corrected chi connectivity index (χ1v) is 11.9. The Morgan fingerprint density at radius 2 is 1.94 bits per heavy atom. The molecule has 0 N–H and O–H groups in total. The van der Waals surface area contributed by atoms with E-state index in [2.05, 4.69) is 4.99 Å². The first-order valence-electron chi connectivity index (χ1n) is 10.7. The minimum atomic E-state index is -0.802. The van der Waals surface area contributed by atoms with Crippen LogP contribution in [0.15, 0.2) is 63.5 Å². The number of fused-ring (bicyclic) bond motifs is 1. The van der Waals surface area contributed by atoms with E-state index in [9.17, 15) is 14.0 Å². The Bertz CT molecular complexity index is 1460. The molecule has 0 unspecified atom stereocenters. The molecular weight excluding hydrogens is 479 g/mol. The summed E-state index contributed by atoms with van der Waals surface area (Å²) < 4.78 is 26.4. The highest BCUT2D eigenvalue weighted by Crippen LogP contribution is 2.31. The maximum atomic E-state index is 13.6. The first kappa shape index (κ1) is 23.9. The smallest absolute Gasteiger partial charge is 0.338 e. The molecule has 6 nitrogen and oxygen atoms in total. The van der Waals surface area contributed by atoms with Crippen LogP contribution in [0.4, 0.5) is 4.39 Å². The zero-order valence-corrected chi connectivity index (χ0v) is 20.4. The van der Waals surface area contributed by atoms with Crippen molar-refractivity contribution >= 4 is 35.0 Å². The van der Waals surface area contributed by atoms with Gasteiger partial charge in [0.1, 0.15) is 11.6 Å². The van der Waals surface area contributed by atoms with E-state index in [1.54, 1.807) is 50.3 Å². The van der Waals surface area contributed by atoms with Crippen LogP contribution in [0.3, 0.4) is 0 Å². The second-order valence-corrected chi connectivity index (χ2v) is 8.91. The van der Waals surface area contributed by atoms with Crippen LogP contribution in [0, 0.1) is 5.82 Å². The van der Waals surface area contributed by atoms with E-state index in [0.29, 0.717) is 43.5 Å². The topological polar surface area (TPSA) is 69.9 Å². The third-order valence-corrected chi connectivity index (χ3v) is 6.48. The number of rotatable bonds is 6. The molecule has 0 saturated carbocycles. The van der Waals surface area contributed by atoms with Crippen molar-refractivity contribution in [3.8, 4) is 5.75 Å². The van der Waals surface area contributed by atoms with Crippen molar-refractivity contribution in [3.05, 3.63) is 95.4 Å². The Kier molecular flexibility index (Phi) is 7.00. The maximum absolute atomic E-state index is 13.6. The van der Waals surface area contributed by atoms with Crippen molar-refractivity contribution in [2.24, 2.45) is 4.99 Å². The summed E-state index contributed by atoms with van der Waals surface area (Å²) >= 11 is 7.37. The number of benzene rings is 2. The number of nitrogens with zero attached hydrogens (tertiary/aromatic N) is 2. The van der Waals surface area contributed by atoms with Gasteiger partial charge in [0.05, 0.1) is 35.1 Å². The van der Waals surface area contributed by atoms with E-state index in [-0.39, 0.29) is 17.7 Å². The van der Waals surface area contributed by atoms with E-state index >= 15 is 0 Å². The molecule has 0 aliphatic carbocycles. The van der Waals surface area contributed by atoms with Gasteiger partial charge in [-0.25, -0.2) is 14.2 Å². The zero-order chi connectivity index (χ0) is 24.4. The van der Waals surface area contributed by atoms with Gasteiger partial charge in [0.25, 0.3) is 5.56 Å². The van der Waals surface area contributed by atoms with Crippen LogP contribution in [0.5, 0.6) is 5.75 Å². The van der Waals surface area contributed by atoms with Crippen LogP contribution in [-0.4, -0.2) is 23.8 Å². The van der Waals surface area contributed by atoms with Crippen LogP contribution in [0.25, 0.3) is 6.08 Å². The maximum Gasteiger partial charge on any atom is 0.338 e. The summed E-state index contributed by atoms with van der Waals surface area (Å²) in [5, 5.41) is 0.507. The van der Waals surface area contributed by atoms with Gasteiger partial charge in [-0.3, -0.25) is 9.36 Å². The van der Waals surface area contributed by atoms with Crippen LogP contribution in [0.1, 0.15) is 37.9 Å². The molecule has 0 fully saturated rings. The number of halogens is 2. The minimum Gasteiger partial charge on any atom is -0.493 e. The minimum absolute atomic E-state index is 0.172. The number of ether oxygens (including phenoxy) is 2. The van der Waals surface area contributed by atoms with Crippen molar-refractivity contribution in [2.45, 2.75) is 26.8 Å². The second-order valence-electron chi connectivity index (χ2n) is 7.47. The number of carbonyl (C=O) groups excluding carboxylic acids is 1. The molecule has 0 spiro atoms. The Labute approximate surface area is 204 Å². The van der Waals surface area contributed by atoms with Crippen molar-refractivity contribution < 1.29 is 18.7 Å². The highest BCUT2D eigenvalue weighted by atomic mass is 35.5. The van der Waals surface area contributed by atoms with Crippen LogP contribution in [-0.2, 0) is 9.53 Å². The molecule has 0 bridgehead atoms. The van der Waals surface area contributed by atoms with Gasteiger partial charge in [-0.15, -0.1) is 0 Å². The highest BCUT2D eigenvalue weighted by molar-refractivity contribution is 7.07. The normalized spacial score (nSPS) is 15.7. The summed E-state index contributed by atoms with van der Waals surface area (Å²) in [6.07, 6.45) is 1.70. The van der Waals surface area contributed by atoms with E-state index in [1.807, 2.05) is 6.92 Å². The van der Waals surface area contributed by atoms with Gasteiger partial charge in [-0.2, -0.15) is 0 Å². The van der Waals surface area contributed by atoms with E-state index in [4.69, 9.17) is 21.1 Å². The molecule has 9 heteroatoms. The highest BCUT2D eigenvalue weighted by Gasteiger charge is 2.33. The third-order valence-electron chi connectivity index (χ3n) is 5.26. The Morgan fingerprint density at radius 3 is 2.62 bits per heavy atom. The summed E-state index contributed by atoms with van der Waals surface area (Å²) in [6.45, 7) is 5.90. The molecule has 2 heterocycles. The standard InChI is InChI=1S/C25H22ClFN2O4S/c1-4-32-19-11-8-17(26)12-16(19)13-20-23(30)29-22(15-6-9-18(27)10-7-15)21(24(31)33-5-2)14(3)28-25(29)34-20/h6-13,22H,4-5H2,1-3H3/b20-13-/t22-/m0/s1. The molecule has 1 aromatic heterocycles. The van der Waals surface area contributed by atoms with Gasteiger partial charge in [0, 0.05) is 10.6 Å². The van der Waals surface area contributed by atoms with Crippen LogP contribution >= 0.6 is 22.9 Å². The first-order chi connectivity index (χ1) is 16.3. The largest absolute Gasteiger partial charge is 0.493 e. The average molecular weight is 501 g/mol. The van der Waals surface area contributed by atoms with Crippen LogP contribution < -0.4 is 19.6 Å². The SMILES string of the molecule is CCOC(=O)C1=C(C)N=c2s/c(=C\c3cc(Cl)ccc3OCC)c(=O)n2[C@H]1c1ccc(F)cc1. The van der Waals surface area contributed by atoms with Gasteiger partial charge in [0.15, 0.2) is 4.80 Å². The molecule has 0 radical (unpaired) electrons. The number of esters is 1. The molecule has 0 amide bonds. The quantitative estimate of drug-likeness (QED) is 0.480. The lowest BCUT2D eigenvalue weighted by Gasteiger charge is -2.24. The summed E-state index contributed by atoms with van der Waals surface area (Å²) in [5.74, 6) is -0.393. The van der Waals surface area contributed by atoms with Crippen LogP contribution in [0.2, 0.25) is 5.02 Å². The number of thiazole rings is 1. The monoisotopic (exact) mass is 500 g/mol. The molecular formula is C25H22ClFN2O4S. The van der Waals surface area contributed by atoms with Gasteiger partial charge in [-0.05, 0) is 62.7 Å². The molecule has 176 valence electrons. The average Bonchev–Trinajstić information content (AvgIpc) is 3.10. The lowest BCUT2D eigenvalue weighted by Crippen LogP contribution is -2.39. The van der Waals surface area contributed by atoms with Gasteiger partial charge < -0.3 is 9.47 Å². The predicted molar refractivity (Wildman–Crippen MR) is 129 cm³/mol. The zero-order valence-electron chi connectivity index (χ0n) is 18.8. The molecule has 3 aromatic rings. The van der Waals surface area contributed by atoms with E-state index in [1.165, 1.54) is 28.0 Å². The van der Waals surface area contributed by atoms with E-state index < -0.39 is 17.8 Å². The summed E-state index contributed by atoms with van der Waals surface area (Å²) in [6, 6.07) is 10.1. The molecule has 1 aliphatic heterocycles. The predicted octanol–water partition coefficient (Wildman–Crippen LogP) is 3.99. The Hall–Kier alpha value is -3.23. The summed E-state index contributed by atoms with van der Waals surface area (Å²) in [7, 11) is 0. The Balaban J connectivity index is 1.96. The number of hydrogen-bond donors (Lipinski definition) is 0.